The van der Waals surface area contributed by atoms with E-state index in [-0.39, 0.29) is 17.0 Å². The number of esters is 1. The molecule has 124 valence electrons. The Morgan fingerprint density at radius 3 is 2.83 bits per heavy atom. The summed E-state index contributed by atoms with van der Waals surface area (Å²) in [5.74, 6) is -1.07. The first-order valence-electron chi connectivity index (χ1n) is 7.32. The second kappa shape index (κ2) is 5.84. The molecule has 7 nitrogen and oxygen atoms in total. The average Bonchev–Trinajstić information content (AvgIpc) is 2.59. The van der Waals surface area contributed by atoms with Crippen molar-refractivity contribution in [3.63, 3.8) is 0 Å². The molecule has 2 aromatic rings. The molecular formula is C17H17N3O4. The van der Waals surface area contributed by atoms with Gasteiger partial charge < -0.3 is 19.8 Å². The molecular weight excluding hydrogens is 310 g/mol. The summed E-state index contributed by atoms with van der Waals surface area (Å²) in [6.45, 7) is 1.79. The zero-order valence-corrected chi connectivity index (χ0v) is 13.6. The van der Waals surface area contributed by atoms with Gasteiger partial charge in [-0.25, -0.2) is 4.79 Å². The van der Waals surface area contributed by atoms with Crippen LogP contribution in [0, 0.1) is 6.92 Å². The zero-order chi connectivity index (χ0) is 17.4. The first-order valence-corrected chi connectivity index (χ1v) is 7.32. The molecule has 3 rings (SSSR count). The Balaban J connectivity index is 2.35. The van der Waals surface area contributed by atoms with Crippen LogP contribution in [0.15, 0.2) is 46.8 Å². The molecule has 2 aromatic heterocycles. The lowest BCUT2D eigenvalue weighted by molar-refractivity contribution is -0.136. The van der Waals surface area contributed by atoms with Gasteiger partial charge in [-0.05, 0) is 18.6 Å². The summed E-state index contributed by atoms with van der Waals surface area (Å²) < 4.78 is 11.9. The number of hydrogen-bond donors (Lipinski definition) is 1. The van der Waals surface area contributed by atoms with Gasteiger partial charge in [0.2, 0.25) is 5.88 Å². The van der Waals surface area contributed by atoms with Crippen LogP contribution in [0.25, 0.3) is 0 Å². The van der Waals surface area contributed by atoms with Gasteiger partial charge >= 0.3 is 5.97 Å². The molecule has 24 heavy (non-hydrogen) atoms. The molecule has 0 aromatic carbocycles. The van der Waals surface area contributed by atoms with Crippen molar-refractivity contribution >= 4 is 5.97 Å². The number of nitrogens with zero attached hydrogens (tertiary/aromatic N) is 2. The van der Waals surface area contributed by atoms with Crippen molar-refractivity contribution in [2.45, 2.75) is 12.8 Å². The van der Waals surface area contributed by atoms with Gasteiger partial charge in [0.15, 0.2) is 0 Å². The summed E-state index contributed by atoms with van der Waals surface area (Å²) >= 11 is 0. The highest BCUT2D eigenvalue weighted by molar-refractivity contribution is 5.92. The van der Waals surface area contributed by atoms with E-state index in [4.69, 9.17) is 15.2 Å². The predicted octanol–water partition coefficient (Wildman–Crippen LogP) is 0.956. The van der Waals surface area contributed by atoms with Gasteiger partial charge in [-0.15, -0.1) is 0 Å². The van der Waals surface area contributed by atoms with E-state index in [9.17, 15) is 9.59 Å². The van der Waals surface area contributed by atoms with Crippen molar-refractivity contribution in [1.29, 1.82) is 0 Å². The largest absolute Gasteiger partial charge is 0.465 e. The SMILES string of the molecule is COC(=O)C1=C(N)Oc2cc(C)n(C)c(=O)c2[C@H]1c1cccnc1. The number of aromatic nitrogens is 2. The lowest BCUT2D eigenvalue weighted by Crippen LogP contribution is -2.34. The van der Waals surface area contributed by atoms with Crippen molar-refractivity contribution in [1.82, 2.24) is 9.55 Å². The normalized spacial score (nSPS) is 16.4. The van der Waals surface area contributed by atoms with Crippen LogP contribution in [0.2, 0.25) is 0 Å². The van der Waals surface area contributed by atoms with Gasteiger partial charge in [0.05, 0.1) is 18.6 Å². The quantitative estimate of drug-likeness (QED) is 0.825. The molecule has 3 heterocycles. The smallest absolute Gasteiger partial charge is 0.340 e. The number of rotatable bonds is 2. The molecule has 0 unspecified atom stereocenters. The van der Waals surface area contributed by atoms with Crippen LogP contribution in [-0.2, 0) is 16.6 Å². The molecule has 1 aliphatic rings. The first-order chi connectivity index (χ1) is 11.5. The molecule has 0 bridgehead atoms. The molecule has 7 heteroatoms. The molecule has 1 aliphatic heterocycles. The van der Waals surface area contributed by atoms with E-state index in [0.29, 0.717) is 16.9 Å². The molecule has 0 aliphatic carbocycles. The summed E-state index contributed by atoms with van der Waals surface area (Å²) in [4.78, 5) is 29.2. The number of carbonyl (C=O) groups is 1. The van der Waals surface area contributed by atoms with Crippen LogP contribution in [0.5, 0.6) is 5.75 Å². The Hall–Kier alpha value is -3.09. The topological polar surface area (TPSA) is 96.4 Å². The third kappa shape index (κ3) is 2.34. The summed E-state index contributed by atoms with van der Waals surface area (Å²) in [6, 6.07) is 5.23. The first kappa shape index (κ1) is 15.8. The van der Waals surface area contributed by atoms with E-state index in [2.05, 4.69) is 4.98 Å². The summed E-state index contributed by atoms with van der Waals surface area (Å²) in [6.07, 6.45) is 3.21. The molecule has 0 amide bonds. The number of aryl methyl sites for hydroxylation is 1. The summed E-state index contributed by atoms with van der Waals surface area (Å²) in [5.41, 5.74) is 7.52. The minimum absolute atomic E-state index is 0.0733. The lowest BCUT2D eigenvalue weighted by Gasteiger charge is -2.28. The van der Waals surface area contributed by atoms with E-state index in [1.165, 1.54) is 11.7 Å². The van der Waals surface area contributed by atoms with Crippen LogP contribution in [0.4, 0.5) is 0 Å². The molecule has 0 spiro atoms. The highest BCUT2D eigenvalue weighted by Gasteiger charge is 2.38. The number of nitrogens with two attached hydrogens (primary N) is 1. The second-order valence-electron chi connectivity index (χ2n) is 5.52. The fourth-order valence-electron chi connectivity index (χ4n) is 2.83. The Labute approximate surface area is 138 Å². The lowest BCUT2D eigenvalue weighted by atomic mass is 9.84. The maximum atomic E-state index is 12.8. The third-order valence-corrected chi connectivity index (χ3v) is 4.16. The molecule has 1 atom stereocenters. The molecule has 0 saturated heterocycles. The molecule has 0 saturated carbocycles. The maximum Gasteiger partial charge on any atom is 0.340 e. The van der Waals surface area contributed by atoms with E-state index in [0.717, 1.165) is 5.69 Å². The summed E-state index contributed by atoms with van der Waals surface area (Å²) in [5, 5.41) is 0. The number of ether oxygens (including phenoxy) is 2. The third-order valence-electron chi connectivity index (χ3n) is 4.16. The summed E-state index contributed by atoms with van der Waals surface area (Å²) in [7, 11) is 2.92. The van der Waals surface area contributed by atoms with Crippen LogP contribution in [0.3, 0.4) is 0 Å². The maximum absolute atomic E-state index is 12.8. The van der Waals surface area contributed by atoms with Gasteiger partial charge in [-0.2, -0.15) is 0 Å². The highest BCUT2D eigenvalue weighted by Crippen LogP contribution is 2.40. The number of hydrogen-bond acceptors (Lipinski definition) is 6. The van der Waals surface area contributed by atoms with Gasteiger partial charge in [-0.1, -0.05) is 6.07 Å². The van der Waals surface area contributed by atoms with E-state index in [1.54, 1.807) is 44.6 Å². The second-order valence-corrected chi connectivity index (χ2v) is 5.52. The van der Waals surface area contributed by atoms with Crippen LogP contribution in [0.1, 0.15) is 22.7 Å². The molecule has 0 radical (unpaired) electrons. The van der Waals surface area contributed by atoms with Crippen LogP contribution < -0.4 is 16.0 Å². The highest BCUT2D eigenvalue weighted by atomic mass is 16.5. The monoisotopic (exact) mass is 327 g/mol. The van der Waals surface area contributed by atoms with Crippen molar-refractivity contribution in [3.05, 3.63) is 69.2 Å². The van der Waals surface area contributed by atoms with Crippen molar-refractivity contribution in [2.75, 3.05) is 7.11 Å². The van der Waals surface area contributed by atoms with E-state index < -0.39 is 11.9 Å². The number of carbonyl (C=O) groups excluding carboxylic acids is 1. The zero-order valence-electron chi connectivity index (χ0n) is 13.6. The predicted molar refractivity (Wildman–Crippen MR) is 86.4 cm³/mol. The Morgan fingerprint density at radius 1 is 1.46 bits per heavy atom. The number of pyridine rings is 2. The van der Waals surface area contributed by atoms with Gasteiger partial charge in [0, 0.05) is 31.2 Å². The Bertz CT molecular complexity index is 900. The standard InChI is InChI=1S/C17H17N3O4/c1-9-7-11-13(16(21)20(9)2)12(10-5-4-6-19-8-10)14(15(18)24-11)17(22)23-3/h4-8,12H,18H2,1-3H3/t12-/m1/s1. The minimum Gasteiger partial charge on any atom is -0.465 e. The number of fused-ring (bicyclic) bond motifs is 1. The fourth-order valence-corrected chi connectivity index (χ4v) is 2.83. The van der Waals surface area contributed by atoms with Crippen molar-refractivity contribution in [2.24, 2.45) is 12.8 Å². The van der Waals surface area contributed by atoms with E-state index >= 15 is 0 Å². The van der Waals surface area contributed by atoms with E-state index in [1.807, 2.05) is 0 Å². The number of methoxy groups -OCH3 is 1. The van der Waals surface area contributed by atoms with Gasteiger partial charge in [0.1, 0.15) is 11.3 Å². The van der Waals surface area contributed by atoms with Crippen molar-refractivity contribution < 1.29 is 14.3 Å². The average molecular weight is 327 g/mol. The van der Waals surface area contributed by atoms with Gasteiger partial charge in [0.25, 0.3) is 5.56 Å². The minimum atomic E-state index is -0.700. The molecule has 2 N–H and O–H groups in total. The van der Waals surface area contributed by atoms with Gasteiger partial charge in [-0.3, -0.25) is 9.78 Å². The fraction of sp³-hybridized carbons (Fsp3) is 0.235. The Kier molecular flexibility index (Phi) is 3.84. The van der Waals surface area contributed by atoms with Crippen LogP contribution in [-0.4, -0.2) is 22.6 Å². The van der Waals surface area contributed by atoms with Crippen LogP contribution >= 0.6 is 0 Å². The molecule has 0 fully saturated rings. The Morgan fingerprint density at radius 2 is 2.21 bits per heavy atom. The van der Waals surface area contributed by atoms with Crippen molar-refractivity contribution in [3.8, 4) is 5.75 Å².